The van der Waals surface area contributed by atoms with Gasteiger partial charge in [0.2, 0.25) is 0 Å². The van der Waals surface area contributed by atoms with Gasteiger partial charge in [0, 0.05) is 26.7 Å². The first-order chi connectivity index (χ1) is 11.6. The van der Waals surface area contributed by atoms with E-state index in [9.17, 15) is 9.90 Å². The average Bonchev–Trinajstić information content (AvgIpc) is 2.63. The summed E-state index contributed by atoms with van der Waals surface area (Å²) in [6.07, 6.45) is 1.14. The zero-order chi connectivity index (χ0) is 17.0. The fourth-order valence-corrected chi connectivity index (χ4v) is 3.27. The van der Waals surface area contributed by atoms with Gasteiger partial charge in [-0.1, -0.05) is 60.7 Å². The third kappa shape index (κ3) is 3.60. The lowest BCUT2D eigenvalue weighted by atomic mass is 9.84. The Bertz CT molecular complexity index is 665. The molecule has 3 rings (SSSR count). The van der Waals surface area contributed by atoms with Gasteiger partial charge in [0.05, 0.1) is 5.60 Å². The highest BCUT2D eigenvalue weighted by Crippen LogP contribution is 2.32. The van der Waals surface area contributed by atoms with Crippen molar-refractivity contribution in [2.24, 2.45) is 0 Å². The van der Waals surface area contributed by atoms with E-state index >= 15 is 0 Å². The summed E-state index contributed by atoms with van der Waals surface area (Å²) < 4.78 is 0. The van der Waals surface area contributed by atoms with Crippen molar-refractivity contribution in [2.75, 3.05) is 20.1 Å². The van der Waals surface area contributed by atoms with Crippen molar-refractivity contribution < 1.29 is 9.90 Å². The van der Waals surface area contributed by atoms with Crippen molar-refractivity contribution in [3.63, 3.8) is 0 Å². The standard InChI is InChI=1S/C20H24N2O2/c1-21(16-17-8-4-2-5-9-17)19(23)22-14-12-20(24,13-15-22)18-10-6-3-7-11-18/h2-11,24H,12-16H2,1H3. The summed E-state index contributed by atoms with van der Waals surface area (Å²) in [5.41, 5.74) is 1.23. The van der Waals surface area contributed by atoms with Crippen molar-refractivity contribution in [1.82, 2.24) is 9.80 Å². The second-order valence-corrected chi connectivity index (χ2v) is 6.51. The second-order valence-electron chi connectivity index (χ2n) is 6.51. The smallest absolute Gasteiger partial charge is 0.320 e. The molecule has 2 aromatic carbocycles. The molecule has 0 aliphatic carbocycles. The van der Waals surface area contributed by atoms with Gasteiger partial charge in [-0.25, -0.2) is 4.79 Å². The molecule has 4 nitrogen and oxygen atoms in total. The summed E-state index contributed by atoms with van der Waals surface area (Å²) in [6.45, 7) is 1.74. The van der Waals surface area contributed by atoms with E-state index < -0.39 is 5.60 Å². The van der Waals surface area contributed by atoms with Crippen LogP contribution in [-0.4, -0.2) is 41.1 Å². The zero-order valence-electron chi connectivity index (χ0n) is 14.1. The average molecular weight is 324 g/mol. The fourth-order valence-electron chi connectivity index (χ4n) is 3.27. The van der Waals surface area contributed by atoms with Gasteiger partial charge >= 0.3 is 6.03 Å². The molecule has 1 saturated heterocycles. The number of piperidine rings is 1. The van der Waals surface area contributed by atoms with Crippen LogP contribution in [0.5, 0.6) is 0 Å². The SMILES string of the molecule is CN(Cc1ccccc1)C(=O)N1CCC(O)(c2ccccc2)CC1. The van der Waals surface area contributed by atoms with E-state index in [1.165, 1.54) is 0 Å². The summed E-state index contributed by atoms with van der Waals surface area (Å²) >= 11 is 0. The molecule has 0 unspecified atom stereocenters. The molecule has 126 valence electrons. The zero-order valence-corrected chi connectivity index (χ0v) is 14.1. The van der Waals surface area contributed by atoms with Gasteiger partial charge < -0.3 is 14.9 Å². The molecule has 1 aliphatic rings. The minimum absolute atomic E-state index is 0.0222. The third-order valence-corrected chi connectivity index (χ3v) is 4.76. The molecule has 4 heteroatoms. The molecular weight excluding hydrogens is 300 g/mol. The lowest BCUT2D eigenvalue weighted by Crippen LogP contribution is -2.49. The van der Waals surface area contributed by atoms with E-state index in [1.807, 2.05) is 72.6 Å². The number of carbonyl (C=O) groups excluding carboxylic acids is 1. The van der Waals surface area contributed by atoms with Crippen molar-refractivity contribution in [3.8, 4) is 0 Å². The maximum Gasteiger partial charge on any atom is 0.320 e. The van der Waals surface area contributed by atoms with Crippen LogP contribution in [0.15, 0.2) is 60.7 Å². The van der Waals surface area contributed by atoms with Gasteiger partial charge in [-0.3, -0.25) is 0 Å². The van der Waals surface area contributed by atoms with Crippen molar-refractivity contribution in [3.05, 3.63) is 71.8 Å². The van der Waals surface area contributed by atoms with Crippen LogP contribution in [-0.2, 0) is 12.1 Å². The number of urea groups is 1. The summed E-state index contributed by atoms with van der Waals surface area (Å²) in [7, 11) is 1.83. The highest BCUT2D eigenvalue weighted by molar-refractivity contribution is 5.74. The van der Waals surface area contributed by atoms with Gasteiger partial charge in [0.1, 0.15) is 0 Å². The van der Waals surface area contributed by atoms with Crippen LogP contribution in [0.1, 0.15) is 24.0 Å². The number of hydrogen-bond acceptors (Lipinski definition) is 2. The number of aliphatic hydroxyl groups is 1. The number of rotatable bonds is 3. The molecule has 2 amide bonds. The number of amides is 2. The highest BCUT2D eigenvalue weighted by atomic mass is 16.3. The number of benzene rings is 2. The maximum absolute atomic E-state index is 12.6. The molecule has 1 fully saturated rings. The van der Waals surface area contributed by atoms with Gasteiger partial charge in [0.25, 0.3) is 0 Å². The summed E-state index contributed by atoms with van der Waals surface area (Å²) in [5, 5.41) is 10.9. The maximum atomic E-state index is 12.6. The van der Waals surface area contributed by atoms with Crippen molar-refractivity contribution in [1.29, 1.82) is 0 Å². The first kappa shape index (κ1) is 16.5. The molecule has 0 aromatic heterocycles. The topological polar surface area (TPSA) is 43.8 Å². The predicted molar refractivity (Wildman–Crippen MR) is 94.5 cm³/mol. The van der Waals surface area contributed by atoms with E-state index in [0.717, 1.165) is 11.1 Å². The first-order valence-corrected chi connectivity index (χ1v) is 8.40. The lowest BCUT2D eigenvalue weighted by molar-refractivity contribution is -0.0194. The Morgan fingerprint density at radius 3 is 2.17 bits per heavy atom. The van der Waals surface area contributed by atoms with E-state index in [0.29, 0.717) is 32.5 Å². The highest BCUT2D eigenvalue weighted by Gasteiger charge is 2.35. The monoisotopic (exact) mass is 324 g/mol. The third-order valence-electron chi connectivity index (χ3n) is 4.76. The second kappa shape index (κ2) is 7.05. The minimum atomic E-state index is -0.823. The Morgan fingerprint density at radius 1 is 1.04 bits per heavy atom. The molecule has 0 saturated carbocycles. The Hall–Kier alpha value is -2.33. The molecule has 2 aromatic rings. The molecular formula is C20H24N2O2. The van der Waals surface area contributed by atoms with Crippen LogP contribution in [0.3, 0.4) is 0 Å². The van der Waals surface area contributed by atoms with Crippen LogP contribution in [0.2, 0.25) is 0 Å². The van der Waals surface area contributed by atoms with E-state index in [-0.39, 0.29) is 6.03 Å². The molecule has 0 radical (unpaired) electrons. The summed E-state index contributed by atoms with van der Waals surface area (Å²) in [4.78, 5) is 16.2. The van der Waals surface area contributed by atoms with Gasteiger partial charge in [-0.2, -0.15) is 0 Å². The molecule has 24 heavy (non-hydrogen) atoms. The Balaban J connectivity index is 1.59. The van der Waals surface area contributed by atoms with E-state index in [4.69, 9.17) is 0 Å². The molecule has 0 bridgehead atoms. The Labute approximate surface area is 143 Å². The largest absolute Gasteiger partial charge is 0.385 e. The predicted octanol–water partition coefficient (Wildman–Crippen LogP) is 3.22. The van der Waals surface area contributed by atoms with Gasteiger partial charge in [-0.05, 0) is 24.0 Å². The van der Waals surface area contributed by atoms with E-state index in [1.54, 1.807) is 4.90 Å². The van der Waals surface area contributed by atoms with Crippen LogP contribution < -0.4 is 0 Å². The van der Waals surface area contributed by atoms with E-state index in [2.05, 4.69) is 0 Å². The molecule has 1 N–H and O–H groups in total. The normalized spacial score (nSPS) is 16.7. The molecule has 0 spiro atoms. The Morgan fingerprint density at radius 2 is 1.58 bits per heavy atom. The lowest BCUT2D eigenvalue weighted by Gasteiger charge is -2.39. The minimum Gasteiger partial charge on any atom is -0.385 e. The van der Waals surface area contributed by atoms with Gasteiger partial charge in [0.15, 0.2) is 0 Å². The van der Waals surface area contributed by atoms with Crippen molar-refractivity contribution in [2.45, 2.75) is 25.0 Å². The molecule has 1 aliphatic heterocycles. The number of hydrogen-bond donors (Lipinski definition) is 1. The molecule has 1 heterocycles. The summed E-state index contributed by atoms with van der Waals surface area (Å²) in [6, 6.07) is 19.7. The van der Waals surface area contributed by atoms with Crippen LogP contribution in [0.4, 0.5) is 4.79 Å². The van der Waals surface area contributed by atoms with Crippen molar-refractivity contribution >= 4 is 6.03 Å². The number of nitrogens with zero attached hydrogens (tertiary/aromatic N) is 2. The Kier molecular flexibility index (Phi) is 4.86. The van der Waals surface area contributed by atoms with Gasteiger partial charge in [-0.15, -0.1) is 0 Å². The summed E-state index contributed by atoms with van der Waals surface area (Å²) in [5.74, 6) is 0. The van der Waals surface area contributed by atoms with Crippen LogP contribution in [0, 0.1) is 0 Å². The number of likely N-dealkylation sites (tertiary alicyclic amines) is 1. The van der Waals surface area contributed by atoms with Crippen LogP contribution in [0.25, 0.3) is 0 Å². The van der Waals surface area contributed by atoms with Crippen LogP contribution >= 0.6 is 0 Å². The molecule has 0 atom stereocenters. The quantitative estimate of drug-likeness (QED) is 0.942. The fraction of sp³-hybridized carbons (Fsp3) is 0.350. The number of carbonyl (C=O) groups is 1. The first-order valence-electron chi connectivity index (χ1n) is 8.40.